The summed E-state index contributed by atoms with van der Waals surface area (Å²) in [6.45, 7) is 1.35. The van der Waals surface area contributed by atoms with Crippen molar-refractivity contribution in [3.8, 4) is 11.5 Å². The van der Waals surface area contributed by atoms with Crippen LogP contribution in [0.2, 0.25) is 0 Å². The molecule has 2 saturated heterocycles. The number of carbonyl (C=O) groups excluding carboxylic acids is 1. The molecule has 1 aromatic carbocycles. The smallest absolute Gasteiger partial charge is 0.395 e. The number of nitrogens with zero attached hydrogens (tertiary/aromatic N) is 4. The summed E-state index contributed by atoms with van der Waals surface area (Å²) in [6, 6.07) is 5.14. The van der Waals surface area contributed by atoms with Crippen molar-refractivity contribution in [2.75, 3.05) is 22.9 Å². The highest BCUT2D eigenvalue weighted by Gasteiger charge is 2.46. The van der Waals surface area contributed by atoms with Crippen LogP contribution in [0.3, 0.4) is 0 Å². The molecule has 11 heteroatoms. The van der Waals surface area contributed by atoms with Crippen LogP contribution in [0.15, 0.2) is 30.6 Å². The number of carbonyl (C=O) groups is 1. The van der Waals surface area contributed by atoms with Crippen molar-refractivity contribution in [1.82, 2.24) is 15.4 Å². The van der Waals surface area contributed by atoms with Gasteiger partial charge in [0.1, 0.15) is 0 Å². The largest absolute Gasteiger partial charge is 0.586 e. The highest BCUT2D eigenvalue weighted by Crippen LogP contribution is 2.44. The SMILES string of the molecule is O=C(NO)c1cnc(N2C[C@H]3C[C@H]2CN3c2ccc3c(c2)OC(F)(F)O3)nc1. The molecule has 1 aromatic heterocycles. The summed E-state index contributed by atoms with van der Waals surface area (Å²) in [7, 11) is 0. The number of amides is 1. The van der Waals surface area contributed by atoms with Crippen LogP contribution in [0.1, 0.15) is 16.8 Å². The topological polar surface area (TPSA) is 100 Å². The van der Waals surface area contributed by atoms with Gasteiger partial charge >= 0.3 is 6.29 Å². The van der Waals surface area contributed by atoms with E-state index in [1.54, 1.807) is 12.1 Å². The average Bonchev–Trinajstić information content (AvgIpc) is 3.37. The molecule has 2 atom stereocenters. The van der Waals surface area contributed by atoms with Crippen molar-refractivity contribution < 1.29 is 28.3 Å². The van der Waals surface area contributed by atoms with Gasteiger partial charge in [-0.15, -0.1) is 8.78 Å². The Kier molecular flexibility index (Phi) is 3.56. The number of anilines is 2. The second kappa shape index (κ2) is 5.89. The minimum absolute atomic E-state index is 0.0279. The van der Waals surface area contributed by atoms with Crippen LogP contribution >= 0.6 is 0 Å². The number of halogens is 2. The molecule has 2 fully saturated rings. The van der Waals surface area contributed by atoms with Gasteiger partial charge < -0.3 is 19.3 Å². The minimum Gasteiger partial charge on any atom is -0.395 e. The molecule has 5 rings (SSSR count). The molecule has 0 unspecified atom stereocenters. The van der Waals surface area contributed by atoms with Crippen molar-refractivity contribution >= 4 is 17.5 Å². The summed E-state index contributed by atoms with van der Waals surface area (Å²) in [6.07, 6.45) is -0.0314. The molecule has 2 N–H and O–H groups in total. The Balaban J connectivity index is 1.31. The third-order valence-corrected chi connectivity index (χ3v) is 5.22. The van der Waals surface area contributed by atoms with Gasteiger partial charge in [-0.1, -0.05) is 0 Å². The van der Waals surface area contributed by atoms with Gasteiger partial charge in [-0.25, -0.2) is 15.4 Å². The third-order valence-electron chi connectivity index (χ3n) is 5.22. The summed E-state index contributed by atoms with van der Waals surface area (Å²) in [4.78, 5) is 24.0. The Labute approximate surface area is 157 Å². The van der Waals surface area contributed by atoms with Crippen molar-refractivity contribution in [1.29, 1.82) is 0 Å². The lowest BCUT2D eigenvalue weighted by atomic mass is 10.2. The van der Waals surface area contributed by atoms with E-state index in [1.165, 1.54) is 23.9 Å². The maximum Gasteiger partial charge on any atom is 0.586 e. The zero-order chi connectivity index (χ0) is 19.5. The quantitative estimate of drug-likeness (QED) is 0.598. The normalized spacial score (nSPS) is 24.0. The van der Waals surface area contributed by atoms with E-state index < -0.39 is 12.2 Å². The molecular weight excluding hydrogens is 376 g/mol. The molecule has 3 aliphatic rings. The zero-order valence-electron chi connectivity index (χ0n) is 14.4. The summed E-state index contributed by atoms with van der Waals surface area (Å²) in [5, 5.41) is 8.65. The summed E-state index contributed by atoms with van der Waals surface area (Å²) in [5.41, 5.74) is 2.49. The van der Waals surface area contributed by atoms with Crippen LogP contribution < -0.4 is 24.8 Å². The fraction of sp³-hybridized carbons (Fsp3) is 0.353. The second-order valence-electron chi connectivity index (χ2n) is 6.86. The molecule has 9 nitrogen and oxygen atoms in total. The summed E-state index contributed by atoms with van der Waals surface area (Å²) < 4.78 is 35.4. The Morgan fingerprint density at radius 2 is 1.82 bits per heavy atom. The van der Waals surface area contributed by atoms with E-state index in [2.05, 4.69) is 29.2 Å². The monoisotopic (exact) mass is 391 g/mol. The lowest BCUT2D eigenvalue weighted by Crippen LogP contribution is -2.47. The van der Waals surface area contributed by atoms with Gasteiger partial charge in [-0.3, -0.25) is 10.0 Å². The van der Waals surface area contributed by atoms with Gasteiger partial charge in [0, 0.05) is 43.3 Å². The van der Waals surface area contributed by atoms with Gasteiger partial charge in [-0.05, 0) is 18.6 Å². The first-order valence-corrected chi connectivity index (χ1v) is 8.63. The molecule has 146 valence electrons. The van der Waals surface area contributed by atoms with E-state index in [9.17, 15) is 13.6 Å². The number of hydrogen-bond acceptors (Lipinski definition) is 8. The van der Waals surface area contributed by atoms with Crippen LogP contribution in [-0.4, -0.2) is 52.6 Å². The van der Waals surface area contributed by atoms with E-state index in [1.807, 2.05) is 0 Å². The number of piperazine rings is 1. The molecule has 1 amide bonds. The van der Waals surface area contributed by atoms with Crippen molar-refractivity contribution in [3.63, 3.8) is 0 Å². The number of hydrogen-bond donors (Lipinski definition) is 2. The fourth-order valence-corrected chi connectivity index (χ4v) is 4.00. The standard InChI is InChI=1S/C17H15F2N5O4/c18-17(19)27-13-2-1-10(4-14(13)28-17)23-7-12-3-11(23)8-24(12)16-20-5-9(6-21-16)15(25)22-26/h1-2,4-6,11-12,26H,3,7-8H2,(H,22,25)/t11-,12+/m1/s1. The summed E-state index contributed by atoms with van der Waals surface area (Å²) >= 11 is 0. The van der Waals surface area contributed by atoms with Crippen molar-refractivity contribution in [2.45, 2.75) is 24.8 Å². The molecular formula is C17H15F2N5O4. The molecule has 0 aliphatic carbocycles. The van der Waals surface area contributed by atoms with E-state index in [0.717, 1.165) is 12.1 Å². The first kappa shape index (κ1) is 16.9. The first-order chi connectivity index (χ1) is 13.4. The van der Waals surface area contributed by atoms with Gasteiger partial charge in [0.15, 0.2) is 11.5 Å². The van der Waals surface area contributed by atoms with Crippen LogP contribution in [0.5, 0.6) is 11.5 Å². The van der Waals surface area contributed by atoms with Crippen LogP contribution in [0.4, 0.5) is 20.4 Å². The van der Waals surface area contributed by atoms with Gasteiger partial charge in [0.05, 0.1) is 11.6 Å². The highest BCUT2D eigenvalue weighted by atomic mass is 19.3. The van der Waals surface area contributed by atoms with Crippen LogP contribution in [0, 0.1) is 0 Å². The van der Waals surface area contributed by atoms with Gasteiger partial charge in [0.2, 0.25) is 5.95 Å². The molecule has 0 spiro atoms. The lowest BCUT2D eigenvalue weighted by Gasteiger charge is -2.35. The molecule has 28 heavy (non-hydrogen) atoms. The number of aromatic nitrogens is 2. The lowest BCUT2D eigenvalue weighted by molar-refractivity contribution is -0.286. The molecule has 2 bridgehead atoms. The van der Waals surface area contributed by atoms with Gasteiger partial charge in [-0.2, -0.15) is 0 Å². The Hall–Kier alpha value is -3.21. The third kappa shape index (κ3) is 2.66. The molecule has 3 aliphatic heterocycles. The maximum absolute atomic E-state index is 13.2. The average molecular weight is 391 g/mol. The van der Waals surface area contributed by atoms with E-state index in [-0.39, 0.29) is 29.1 Å². The van der Waals surface area contributed by atoms with E-state index >= 15 is 0 Å². The fourth-order valence-electron chi connectivity index (χ4n) is 4.00. The molecule has 0 radical (unpaired) electrons. The number of hydroxylamine groups is 1. The predicted molar refractivity (Wildman–Crippen MR) is 90.8 cm³/mol. The van der Waals surface area contributed by atoms with Crippen molar-refractivity contribution in [3.05, 3.63) is 36.2 Å². The number of alkyl halides is 2. The highest BCUT2D eigenvalue weighted by molar-refractivity contribution is 5.92. The first-order valence-electron chi connectivity index (χ1n) is 8.63. The van der Waals surface area contributed by atoms with Crippen molar-refractivity contribution in [2.24, 2.45) is 0 Å². The van der Waals surface area contributed by atoms with E-state index in [4.69, 9.17) is 5.21 Å². The zero-order valence-corrected chi connectivity index (χ0v) is 14.4. The second-order valence-corrected chi connectivity index (χ2v) is 6.86. The minimum atomic E-state index is -3.63. The number of ether oxygens (including phenoxy) is 2. The molecule has 0 saturated carbocycles. The van der Waals surface area contributed by atoms with Gasteiger partial charge in [0.25, 0.3) is 5.91 Å². The number of nitrogens with one attached hydrogen (secondary N) is 1. The van der Waals surface area contributed by atoms with Crippen LogP contribution in [-0.2, 0) is 0 Å². The Morgan fingerprint density at radius 1 is 1.14 bits per heavy atom. The Bertz CT molecular complexity index is 942. The number of benzene rings is 1. The molecule has 4 heterocycles. The predicted octanol–water partition coefficient (Wildman–Crippen LogP) is 1.38. The number of rotatable bonds is 3. The number of fused-ring (bicyclic) bond motifs is 3. The van der Waals surface area contributed by atoms with E-state index in [0.29, 0.717) is 19.0 Å². The van der Waals surface area contributed by atoms with Crippen LogP contribution in [0.25, 0.3) is 0 Å². The molecule has 2 aromatic rings. The Morgan fingerprint density at radius 3 is 2.50 bits per heavy atom. The summed E-state index contributed by atoms with van der Waals surface area (Å²) in [5.74, 6) is -0.107. The maximum atomic E-state index is 13.2.